The molecule has 0 radical (unpaired) electrons. The highest BCUT2D eigenvalue weighted by Crippen LogP contribution is 2.27. The van der Waals surface area contributed by atoms with Crippen molar-refractivity contribution in [3.63, 3.8) is 0 Å². The number of thiophene rings is 1. The van der Waals surface area contributed by atoms with Crippen LogP contribution >= 0.6 is 11.3 Å². The van der Waals surface area contributed by atoms with E-state index in [4.69, 9.17) is 4.74 Å². The van der Waals surface area contributed by atoms with Crippen LogP contribution in [0.3, 0.4) is 0 Å². The van der Waals surface area contributed by atoms with Gasteiger partial charge in [0.05, 0.1) is 18.0 Å². The Morgan fingerprint density at radius 2 is 2.14 bits per heavy atom. The SMILES string of the molecule is CCc1cc(C(=O)N2CCOC(c3ccccc3)C2)sc1C. The number of morpholine rings is 1. The molecule has 1 amide bonds. The summed E-state index contributed by atoms with van der Waals surface area (Å²) in [7, 11) is 0. The molecule has 0 saturated carbocycles. The maximum atomic E-state index is 12.7. The average Bonchev–Trinajstić information content (AvgIpc) is 2.96. The van der Waals surface area contributed by atoms with Gasteiger partial charge in [-0.25, -0.2) is 0 Å². The molecule has 3 rings (SSSR count). The molecule has 1 aliphatic rings. The van der Waals surface area contributed by atoms with Crippen molar-refractivity contribution >= 4 is 17.2 Å². The van der Waals surface area contributed by atoms with E-state index in [9.17, 15) is 4.79 Å². The van der Waals surface area contributed by atoms with Gasteiger partial charge < -0.3 is 9.64 Å². The fraction of sp³-hybridized carbons (Fsp3) is 0.389. The molecule has 0 aliphatic carbocycles. The Labute approximate surface area is 135 Å². The second-order valence-electron chi connectivity index (χ2n) is 5.57. The average molecular weight is 315 g/mol. The Kier molecular flexibility index (Phi) is 4.60. The third-order valence-electron chi connectivity index (χ3n) is 4.14. The van der Waals surface area contributed by atoms with Crippen LogP contribution in [-0.2, 0) is 11.2 Å². The summed E-state index contributed by atoms with van der Waals surface area (Å²) in [6, 6.07) is 12.2. The molecule has 0 N–H and O–H groups in total. The van der Waals surface area contributed by atoms with Crippen molar-refractivity contribution in [2.24, 2.45) is 0 Å². The van der Waals surface area contributed by atoms with E-state index >= 15 is 0 Å². The van der Waals surface area contributed by atoms with Crippen LogP contribution in [0.5, 0.6) is 0 Å². The van der Waals surface area contributed by atoms with E-state index < -0.39 is 0 Å². The third-order valence-corrected chi connectivity index (χ3v) is 5.22. The number of ether oxygens (including phenoxy) is 1. The van der Waals surface area contributed by atoms with Crippen LogP contribution in [0.15, 0.2) is 36.4 Å². The van der Waals surface area contributed by atoms with Crippen LogP contribution in [0.1, 0.15) is 38.7 Å². The van der Waals surface area contributed by atoms with Crippen molar-refractivity contribution in [2.45, 2.75) is 26.4 Å². The lowest BCUT2D eigenvalue weighted by molar-refractivity contribution is -0.0226. The molecule has 22 heavy (non-hydrogen) atoms. The Morgan fingerprint density at radius 3 is 2.82 bits per heavy atom. The topological polar surface area (TPSA) is 29.5 Å². The van der Waals surface area contributed by atoms with Crippen molar-refractivity contribution in [2.75, 3.05) is 19.7 Å². The van der Waals surface area contributed by atoms with Crippen molar-refractivity contribution in [3.05, 3.63) is 57.3 Å². The molecule has 0 spiro atoms. The second kappa shape index (κ2) is 6.63. The summed E-state index contributed by atoms with van der Waals surface area (Å²) in [5.74, 6) is 0.136. The zero-order valence-electron chi connectivity index (χ0n) is 13.0. The highest BCUT2D eigenvalue weighted by Gasteiger charge is 2.27. The van der Waals surface area contributed by atoms with Gasteiger partial charge in [-0.3, -0.25) is 4.79 Å². The molecule has 1 saturated heterocycles. The lowest BCUT2D eigenvalue weighted by atomic mass is 10.1. The van der Waals surface area contributed by atoms with E-state index in [-0.39, 0.29) is 12.0 Å². The maximum absolute atomic E-state index is 12.7. The number of aryl methyl sites for hydroxylation is 2. The highest BCUT2D eigenvalue weighted by atomic mass is 32.1. The Hall–Kier alpha value is -1.65. The van der Waals surface area contributed by atoms with Gasteiger partial charge in [-0.15, -0.1) is 11.3 Å². The van der Waals surface area contributed by atoms with Crippen LogP contribution in [0, 0.1) is 6.92 Å². The lowest BCUT2D eigenvalue weighted by Gasteiger charge is -2.33. The van der Waals surface area contributed by atoms with Gasteiger partial charge in [0.2, 0.25) is 0 Å². The van der Waals surface area contributed by atoms with E-state index in [1.165, 1.54) is 10.4 Å². The first-order valence-electron chi connectivity index (χ1n) is 7.74. The molecular weight excluding hydrogens is 294 g/mol. The van der Waals surface area contributed by atoms with Gasteiger partial charge in [0.25, 0.3) is 5.91 Å². The van der Waals surface area contributed by atoms with Crippen LogP contribution in [0.4, 0.5) is 0 Å². The molecule has 4 heteroatoms. The van der Waals surface area contributed by atoms with Crippen molar-refractivity contribution in [3.8, 4) is 0 Å². The summed E-state index contributed by atoms with van der Waals surface area (Å²) in [5.41, 5.74) is 2.41. The molecule has 1 aromatic carbocycles. The molecule has 2 aromatic rings. The summed E-state index contributed by atoms with van der Waals surface area (Å²) in [6.45, 7) is 6.11. The molecule has 2 heterocycles. The molecule has 1 unspecified atom stereocenters. The number of carbonyl (C=O) groups is 1. The Morgan fingerprint density at radius 1 is 1.36 bits per heavy atom. The smallest absolute Gasteiger partial charge is 0.264 e. The summed E-state index contributed by atoms with van der Waals surface area (Å²) in [5, 5.41) is 0. The van der Waals surface area contributed by atoms with E-state index in [0.29, 0.717) is 19.7 Å². The molecule has 3 nitrogen and oxygen atoms in total. The number of benzene rings is 1. The van der Waals surface area contributed by atoms with E-state index in [1.54, 1.807) is 11.3 Å². The first kappa shape index (κ1) is 15.3. The van der Waals surface area contributed by atoms with Crippen LogP contribution in [0.25, 0.3) is 0 Å². The third kappa shape index (κ3) is 3.08. The van der Waals surface area contributed by atoms with Gasteiger partial charge in [0.1, 0.15) is 6.10 Å². The minimum atomic E-state index is -0.0226. The number of nitrogens with zero attached hydrogens (tertiary/aromatic N) is 1. The Bertz CT molecular complexity index is 650. The summed E-state index contributed by atoms with van der Waals surface area (Å²) in [4.78, 5) is 16.8. The summed E-state index contributed by atoms with van der Waals surface area (Å²) < 4.78 is 5.84. The number of hydrogen-bond donors (Lipinski definition) is 0. The van der Waals surface area contributed by atoms with Crippen molar-refractivity contribution < 1.29 is 9.53 Å². The van der Waals surface area contributed by atoms with Crippen molar-refractivity contribution in [1.82, 2.24) is 4.90 Å². The highest BCUT2D eigenvalue weighted by molar-refractivity contribution is 7.14. The normalized spacial score (nSPS) is 18.5. The van der Waals surface area contributed by atoms with Gasteiger partial charge in [0, 0.05) is 11.4 Å². The van der Waals surface area contributed by atoms with Gasteiger partial charge in [-0.1, -0.05) is 37.3 Å². The second-order valence-corrected chi connectivity index (χ2v) is 6.82. The molecule has 1 aromatic heterocycles. The number of amides is 1. The van der Waals surface area contributed by atoms with Gasteiger partial charge in [0.15, 0.2) is 0 Å². The molecule has 1 fully saturated rings. The monoisotopic (exact) mass is 315 g/mol. The van der Waals surface area contributed by atoms with Crippen LogP contribution in [-0.4, -0.2) is 30.5 Å². The minimum absolute atomic E-state index is 0.0226. The fourth-order valence-electron chi connectivity index (χ4n) is 2.84. The van der Waals surface area contributed by atoms with Gasteiger partial charge in [-0.05, 0) is 30.5 Å². The van der Waals surface area contributed by atoms with E-state index in [1.807, 2.05) is 23.1 Å². The maximum Gasteiger partial charge on any atom is 0.264 e. The van der Waals surface area contributed by atoms with Gasteiger partial charge in [-0.2, -0.15) is 0 Å². The summed E-state index contributed by atoms with van der Waals surface area (Å²) in [6.07, 6.45) is 0.955. The predicted octanol–water partition coefficient (Wildman–Crippen LogP) is 3.83. The zero-order valence-corrected chi connectivity index (χ0v) is 13.9. The molecule has 1 aliphatic heterocycles. The molecule has 116 valence electrons. The van der Waals surface area contributed by atoms with Gasteiger partial charge >= 0.3 is 0 Å². The zero-order chi connectivity index (χ0) is 15.5. The van der Waals surface area contributed by atoms with E-state index in [0.717, 1.165) is 16.9 Å². The predicted molar refractivity (Wildman–Crippen MR) is 89.5 cm³/mol. The Balaban J connectivity index is 1.75. The first-order valence-corrected chi connectivity index (χ1v) is 8.55. The van der Waals surface area contributed by atoms with Crippen molar-refractivity contribution in [1.29, 1.82) is 0 Å². The lowest BCUT2D eigenvalue weighted by Crippen LogP contribution is -2.42. The molecule has 1 atom stereocenters. The quantitative estimate of drug-likeness (QED) is 0.861. The summed E-state index contributed by atoms with van der Waals surface area (Å²) >= 11 is 1.61. The number of rotatable bonds is 3. The van der Waals surface area contributed by atoms with Crippen LogP contribution in [0.2, 0.25) is 0 Å². The fourth-order valence-corrected chi connectivity index (χ4v) is 3.92. The molecule has 0 bridgehead atoms. The largest absolute Gasteiger partial charge is 0.370 e. The first-order chi connectivity index (χ1) is 10.7. The standard InChI is InChI=1S/C18H21NO2S/c1-3-14-11-17(22-13(14)2)18(20)19-9-10-21-16(12-19)15-7-5-4-6-8-15/h4-8,11,16H,3,9-10,12H2,1-2H3. The number of carbonyl (C=O) groups excluding carboxylic acids is 1. The molecular formula is C18H21NO2S. The van der Waals surface area contributed by atoms with E-state index in [2.05, 4.69) is 32.0 Å². The minimum Gasteiger partial charge on any atom is -0.370 e. The van der Waals surface area contributed by atoms with Crippen LogP contribution < -0.4 is 0 Å². The number of hydrogen-bond acceptors (Lipinski definition) is 3.